The number of ketones is 2. The van der Waals surface area contributed by atoms with E-state index in [1.54, 1.807) is 36.4 Å². The van der Waals surface area contributed by atoms with E-state index >= 15 is 0 Å². The summed E-state index contributed by atoms with van der Waals surface area (Å²) in [6, 6.07) is 22.0. The molecule has 112 valence electrons. The van der Waals surface area contributed by atoms with Crippen LogP contribution in [0.15, 0.2) is 78.9 Å². The van der Waals surface area contributed by atoms with E-state index in [2.05, 4.69) is 0 Å². The minimum absolute atomic E-state index is 0.00429. The average Bonchev–Trinajstić information content (AvgIpc) is 3.09. The van der Waals surface area contributed by atoms with Crippen LogP contribution in [0.4, 0.5) is 0 Å². The van der Waals surface area contributed by atoms with E-state index in [0.717, 1.165) is 4.88 Å². The number of hydrogen-bond donors (Lipinski definition) is 0. The molecule has 0 amide bonds. The average molecular weight is 318 g/mol. The highest BCUT2D eigenvalue weighted by Crippen LogP contribution is 2.21. The lowest BCUT2D eigenvalue weighted by Gasteiger charge is -1.96. The summed E-state index contributed by atoms with van der Waals surface area (Å²) in [6.07, 6.45) is 3.29. The second-order valence-corrected chi connectivity index (χ2v) is 6.08. The highest BCUT2D eigenvalue weighted by molar-refractivity contribution is 7.15. The molecule has 3 rings (SSSR count). The maximum absolute atomic E-state index is 12.3. The van der Waals surface area contributed by atoms with Gasteiger partial charge in [0.25, 0.3) is 0 Å². The Morgan fingerprint density at radius 3 is 2.00 bits per heavy atom. The third kappa shape index (κ3) is 3.71. The summed E-state index contributed by atoms with van der Waals surface area (Å²) in [5, 5.41) is 0. The third-order valence-electron chi connectivity index (χ3n) is 3.34. The summed E-state index contributed by atoms with van der Waals surface area (Å²) in [7, 11) is 0. The summed E-state index contributed by atoms with van der Waals surface area (Å²) in [6.45, 7) is 0. The number of benzene rings is 2. The predicted octanol–water partition coefficient (Wildman–Crippen LogP) is 4.88. The van der Waals surface area contributed by atoms with Crippen molar-refractivity contribution in [3.05, 3.63) is 99.8 Å². The first-order valence-electron chi connectivity index (χ1n) is 7.21. The molecule has 2 aromatic carbocycles. The van der Waals surface area contributed by atoms with Gasteiger partial charge in [-0.25, -0.2) is 0 Å². The molecule has 0 unspecified atom stereocenters. The Balaban J connectivity index is 1.74. The van der Waals surface area contributed by atoms with E-state index < -0.39 is 0 Å². The Morgan fingerprint density at radius 2 is 1.35 bits per heavy atom. The molecule has 2 nitrogen and oxygen atoms in total. The number of rotatable bonds is 5. The molecule has 0 saturated carbocycles. The summed E-state index contributed by atoms with van der Waals surface area (Å²) in [5.41, 5.74) is 1.33. The molecule has 0 N–H and O–H groups in total. The van der Waals surface area contributed by atoms with Gasteiger partial charge in [-0.1, -0.05) is 60.7 Å². The summed E-state index contributed by atoms with van der Waals surface area (Å²) >= 11 is 1.38. The van der Waals surface area contributed by atoms with Crippen LogP contribution in [0.5, 0.6) is 0 Å². The van der Waals surface area contributed by atoms with Gasteiger partial charge in [0, 0.05) is 16.0 Å². The second kappa shape index (κ2) is 6.99. The van der Waals surface area contributed by atoms with E-state index in [0.29, 0.717) is 16.0 Å². The Labute approximate surface area is 138 Å². The highest BCUT2D eigenvalue weighted by atomic mass is 32.1. The molecule has 0 spiro atoms. The molecule has 0 bridgehead atoms. The van der Waals surface area contributed by atoms with Crippen molar-refractivity contribution >= 4 is 29.0 Å². The van der Waals surface area contributed by atoms with E-state index in [4.69, 9.17) is 0 Å². The maximum atomic E-state index is 12.3. The second-order valence-electron chi connectivity index (χ2n) is 4.96. The molecular formula is C20H14O2S. The SMILES string of the molecule is O=C(/C=C/c1ccc(C(=O)c2ccccc2)s1)c1ccccc1. The number of carbonyl (C=O) groups excluding carboxylic acids is 2. The minimum Gasteiger partial charge on any atom is -0.289 e. The third-order valence-corrected chi connectivity index (χ3v) is 4.39. The van der Waals surface area contributed by atoms with Gasteiger partial charge in [-0.15, -0.1) is 11.3 Å². The van der Waals surface area contributed by atoms with Crippen LogP contribution in [0.25, 0.3) is 6.08 Å². The van der Waals surface area contributed by atoms with Gasteiger partial charge in [-0.05, 0) is 24.3 Å². The number of hydrogen-bond acceptors (Lipinski definition) is 3. The first-order chi connectivity index (χ1) is 11.2. The maximum Gasteiger partial charge on any atom is 0.202 e. The van der Waals surface area contributed by atoms with Crippen molar-refractivity contribution < 1.29 is 9.59 Å². The predicted molar refractivity (Wildman–Crippen MR) is 94.0 cm³/mol. The fraction of sp³-hybridized carbons (Fsp3) is 0. The molecule has 0 aliphatic heterocycles. The van der Waals surface area contributed by atoms with Crippen LogP contribution in [-0.2, 0) is 0 Å². The molecule has 1 aromatic heterocycles. The van der Waals surface area contributed by atoms with Gasteiger partial charge in [0.15, 0.2) is 5.78 Å². The van der Waals surface area contributed by atoms with Crippen molar-refractivity contribution in [2.45, 2.75) is 0 Å². The van der Waals surface area contributed by atoms with Crippen molar-refractivity contribution in [2.75, 3.05) is 0 Å². The van der Waals surface area contributed by atoms with Crippen molar-refractivity contribution in [3.63, 3.8) is 0 Å². The molecule has 0 fully saturated rings. The van der Waals surface area contributed by atoms with Crippen molar-refractivity contribution in [2.24, 2.45) is 0 Å². The van der Waals surface area contributed by atoms with Crippen molar-refractivity contribution in [1.82, 2.24) is 0 Å². The number of carbonyl (C=O) groups is 2. The number of allylic oxidation sites excluding steroid dienone is 1. The van der Waals surface area contributed by atoms with Gasteiger partial charge >= 0.3 is 0 Å². The fourth-order valence-electron chi connectivity index (χ4n) is 2.15. The minimum atomic E-state index is -0.0464. The van der Waals surface area contributed by atoms with Gasteiger partial charge in [0.1, 0.15) is 0 Å². The molecule has 23 heavy (non-hydrogen) atoms. The lowest BCUT2D eigenvalue weighted by molar-refractivity contribution is 0.103. The Morgan fingerprint density at radius 1 is 0.739 bits per heavy atom. The topological polar surface area (TPSA) is 34.1 Å². The monoisotopic (exact) mass is 318 g/mol. The molecule has 3 aromatic rings. The molecule has 1 heterocycles. The van der Waals surface area contributed by atoms with Crippen LogP contribution >= 0.6 is 11.3 Å². The largest absolute Gasteiger partial charge is 0.289 e. The summed E-state index contributed by atoms with van der Waals surface area (Å²) < 4.78 is 0. The lowest BCUT2D eigenvalue weighted by Crippen LogP contribution is -1.97. The van der Waals surface area contributed by atoms with Crippen LogP contribution in [-0.4, -0.2) is 11.6 Å². The summed E-state index contributed by atoms with van der Waals surface area (Å²) in [4.78, 5) is 25.9. The van der Waals surface area contributed by atoms with Crippen molar-refractivity contribution in [1.29, 1.82) is 0 Å². The van der Waals surface area contributed by atoms with E-state index in [-0.39, 0.29) is 11.6 Å². The lowest BCUT2D eigenvalue weighted by atomic mass is 10.1. The number of thiophene rings is 1. The molecule has 0 atom stereocenters. The van der Waals surface area contributed by atoms with Gasteiger partial charge in [0.2, 0.25) is 5.78 Å². The van der Waals surface area contributed by atoms with Crippen LogP contribution < -0.4 is 0 Å². The van der Waals surface area contributed by atoms with E-state index in [9.17, 15) is 9.59 Å². The van der Waals surface area contributed by atoms with Crippen LogP contribution in [0.3, 0.4) is 0 Å². The smallest absolute Gasteiger partial charge is 0.202 e. The molecule has 0 radical (unpaired) electrons. The molecule has 0 aliphatic carbocycles. The zero-order chi connectivity index (χ0) is 16.1. The van der Waals surface area contributed by atoms with Gasteiger partial charge in [-0.2, -0.15) is 0 Å². The zero-order valence-electron chi connectivity index (χ0n) is 12.3. The van der Waals surface area contributed by atoms with Gasteiger partial charge < -0.3 is 0 Å². The van der Waals surface area contributed by atoms with Gasteiger partial charge in [-0.3, -0.25) is 9.59 Å². The molecule has 3 heteroatoms. The zero-order valence-corrected chi connectivity index (χ0v) is 13.1. The Hall–Kier alpha value is -2.78. The Kier molecular flexibility index (Phi) is 4.60. The van der Waals surface area contributed by atoms with Crippen LogP contribution in [0.1, 0.15) is 30.5 Å². The molecule has 0 aliphatic rings. The van der Waals surface area contributed by atoms with Crippen LogP contribution in [0.2, 0.25) is 0 Å². The molecular weight excluding hydrogens is 304 g/mol. The molecule has 0 saturated heterocycles. The standard InChI is InChI=1S/C20H14O2S/c21-18(15-7-3-1-4-8-15)13-11-17-12-14-19(23-17)20(22)16-9-5-2-6-10-16/h1-14H/b13-11+. The highest BCUT2D eigenvalue weighted by Gasteiger charge is 2.10. The quantitative estimate of drug-likeness (QED) is 0.496. The first-order valence-corrected chi connectivity index (χ1v) is 8.03. The fourth-order valence-corrected chi connectivity index (χ4v) is 3.03. The van der Waals surface area contributed by atoms with Crippen molar-refractivity contribution in [3.8, 4) is 0 Å². The van der Waals surface area contributed by atoms with E-state index in [1.165, 1.54) is 17.4 Å². The summed E-state index contributed by atoms with van der Waals surface area (Å²) in [5.74, 6) is -0.0421. The normalized spacial score (nSPS) is 10.8. The van der Waals surface area contributed by atoms with Crippen LogP contribution in [0, 0.1) is 0 Å². The van der Waals surface area contributed by atoms with E-state index in [1.807, 2.05) is 42.5 Å². The van der Waals surface area contributed by atoms with Gasteiger partial charge in [0.05, 0.1) is 4.88 Å². The Bertz CT molecular complexity index is 846. The first kappa shape index (κ1) is 15.1.